The van der Waals surface area contributed by atoms with Crippen molar-refractivity contribution < 1.29 is 19.4 Å². The number of hydrogen-bond acceptors (Lipinski definition) is 4. The number of carbonyl (C=O) groups excluding carboxylic acids is 1. The summed E-state index contributed by atoms with van der Waals surface area (Å²) in [7, 11) is 0. The molecule has 2 heterocycles. The quantitative estimate of drug-likeness (QED) is 0.827. The third kappa shape index (κ3) is 4.20. The first kappa shape index (κ1) is 18.6. The van der Waals surface area contributed by atoms with E-state index in [9.17, 15) is 9.90 Å². The minimum Gasteiger partial charge on any atom is -0.486 e. The second-order valence-corrected chi connectivity index (χ2v) is 7.25. The largest absolute Gasteiger partial charge is 0.486 e. The van der Waals surface area contributed by atoms with Crippen molar-refractivity contribution in [1.29, 1.82) is 0 Å². The van der Waals surface area contributed by atoms with Crippen LogP contribution >= 0.6 is 0 Å². The van der Waals surface area contributed by atoms with E-state index in [0.717, 1.165) is 35.5 Å². The molecule has 1 unspecified atom stereocenters. The minimum absolute atomic E-state index is 0.00235. The number of carbonyl (C=O) groups is 1. The first-order valence-corrected chi connectivity index (χ1v) is 9.80. The summed E-state index contributed by atoms with van der Waals surface area (Å²) in [4.78, 5) is 14.4. The van der Waals surface area contributed by atoms with E-state index in [1.54, 1.807) is 6.08 Å². The Hall–Kier alpha value is -2.79. The molecule has 0 spiro atoms. The van der Waals surface area contributed by atoms with E-state index in [0.29, 0.717) is 26.3 Å². The lowest BCUT2D eigenvalue weighted by molar-refractivity contribution is -0.127. The van der Waals surface area contributed by atoms with E-state index >= 15 is 0 Å². The smallest absolute Gasteiger partial charge is 0.246 e. The molecule has 5 nitrogen and oxygen atoms in total. The van der Waals surface area contributed by atoms with Gasteiger partial charge >= 0.3 is 0 Å². The lowest BCUT2D eigenvalue weighted by Gasteiger charge is -2.34. The Balaban J connectivity index is 1.32. The Morgan fingerprint density at radius 3 is 2.50 bits per heavy atom. The molecule has 1 saturated heterocycles. The van der Waals surface area contributed by atoms with Crippen molar-refractivity contribution in [3.05, 3.63) is 65.7 Å². The lowest BCUT2D eigenvalue weighted by Crippen LogP contribution is -2.38. The van der Waals surface area contributed by atoms with Crippen LogP contribution in [0.3, 0.4) is 0 Å². The van der Waals surface area contributed by atoms with Crippen molar-refractivity contribution in [3.63, 3.8) is 0 Å². The van der Waals surface area contributed by atoms with Crippen LogP contribution < -0.4 is 9.47 Å². The van der Waals surface area contributed by atoms with Crippen molar-refractivity contribution in [2.24, 2.45) is 5.92 Å². The summed E-state index contributed by atoms with van der Waals surface area (Å²) in [5, 5.41) is 10.6. The van der Waals surface area contributed by atoms with Crippen molar-refractivity contribution in [3.8, 4) is 11.5 Å². The average molecular weight is 379 g/mol. The highest BCUT2D eigenvalue weighted by molar-refractivity contribution is 5.91. The first-order chi connectivity index (χ1) is 13.7. The lowest BCUT2D eigenvalue weighted by atomic mass is 9.87. The molecule has 5 heteroatoms. The molecule has 1 amide bonds. The molecule has 2 aromatic rings. The number of benzene rings is 2. The summed E-state index contributed by atoms with van der Waals surface area (Å²) in [5.74, 6) is 1.65. The summed E-state index contributed by atoms with van der Waals surface area (Å²) in [6.45, 7) is 2.44. The predicted molar refractivity (Wildman–Crippen MR) is 107 cm³/mol. The summed E-state index contributed by atoms with van der Waals surface area (Å²) < 4.78 is 11.1. The molecule has 0 aliphatic carbocycles. The van der Waals surface area contributed by atoms with Gasteiger partial charge in [0.25, 0.3) is 0 Å². The van der Waals surface area contributed by atoms with Crippen LogP contribution in [0.5, 0.6) is 11.5 Å². The van der Waals surface area contributed by atoms with E-state index in [4.69, 9.17) is 9.47 Å². The van der Waals surface area contributed by atoms with E-state index in [-0.39, 0.29) is 11.8 Å². The number of aliphatic hydroxyl groups is 1. The van der Waals surface area contributed by atoms with Crippen LogP contribution in [0.4, 0.5) is 0 Å². The zero-order valence-corrected chi connectivity index (χ0v) is 15.8. The molecule has 2 aliphatic heterocycles. The van der Waals surface area contributed by atoms with E-state index < -0.39 is 6.10 Å². The molecule has 146 valence electrons. The Bertz CT molecular complexity index is 841. The van der Waals surface area contributed by atoms with Gasteiger partial charge in [0.15, 0.2) is 11.5 Å². The number of amides is 1. The van der Waals surface area contributed by atoms with E-state index in [1.807, 2.05) is 59.5 Å². The predicted octanol–water partition coefficient (Wildman–Crippen LogP) is 3.44. The summed E-state index contributed by atoms with van der Waals surface area (Å²) in [6.07, 6.45) is 4.57. The van der Waals surface area contributed by atoms with Gasteiger partial charge in [-0.25, -0.2) is 0 Å². The van der Waals surface area contributed by atoms with Gasteiger partial charge < -0.3 is 19.5 Å². The van der Waals surface area contributed by atoms with Crippen LogP contribution in [0.25, 0.3) is 6.08 Å². The van der Waals surface area contributed by atoms with Crippen LogP contribution in [-0.2, 0) is 4.79 Å². The van der Waals surface area contributed by atoms with Crippen LogP contribution in [0.2, 0.25) is 0 Å². The van der Waals surface area contributed by atoms with E-state index in [1.165, 1.54) is 0 Å². The highest BCUT2D eigenvalue weighted by Crippen LogP contribution is 2.32. The standard InChI is InChI=1S/C23H25NO4/c25-22(9-7-17-6-8-20-21(16-17)28-15-14-27-20)24-12-10-19(11-13-24)23(26)18-4-2-1-3-5-18/h1-9,16,19,23,26H,10-15H2/b9-7+. The average Bonchev–Trinajstić information content (AvgIpc) is 2.77. The fourth-order valence-electron chi connectivity index (χ4n) is 3.79. The molecule has 1 N–H and O–H groups in total. The Kier molecular flexibility index (Phi) is 5.63. The molecule has 0 bridgehead atoms. The second kappa shape index (κ2) is 8.48. The minimum atomic E-state index is -0.466. The molecule has 2 aromatic carbocycles. The van der Waals surface area contributed by atoms with Gasteiger partial charge in [-0.15, -0.1) is 0 Å². The number of likely N-dealkylation sites (tertiary alicyclic amines) is 1. The molecule has 1 fully saturated rings. The van der Waals surface area contributed by atoms with Crippen molar-refractivity contribution in [1.82, 2.24) is 4.90 Å². The number of piperidine rings is 1. The Morgan fingerprint density at radius 1 is 1.04 bits per heavy atom. The molecule has 0 aromatic heterocycles. The van der Waals surface area contributed by atoms with Crippen LogP contribution in [0.15, 0.2) is 54.6 Å². The van der Waals surface area contributed by atoms with Gasteiger partial charge in [-0.1, -0.05) is 36.4 Å². The molecule has 0 radical (unpaired) electrons. The van der Waals surface area contributed by atoms with Crippen molar-refractivity contribution in [2.75, 3.05) is 26.3 Å². The maximum Gasteiger partial charge on any atom is 0.246 e. The fraction of sp³-hybridized carbons (Fsp3) is 0.348. The first-order valence-electron chi connectivity index (χ1n) is 9.80. The number of rotatable bonds is 4. The maximum absolute atomic E-state index is 12.5. The summed E-state index contributed by atoms with van der Waals surface area (Å²) >= 11 is 0. The van der Waals surface area contributed by atoms with Gasteiger partial charge in [-0.3, -0.25) is 4.79 Å². The highest BCUT2D eigenvalue weighted by Gasteiger charge is 2.27. The molecular formula is C23H25NO4. The van der Waals surface area contributed by atoms with Crippen molar-refractivity contribution in [2.45, 2.75) is 18.9 Å². The molecule has 1 atom stereocenters. The fourth-order valence-corrected chi connectivity index (χ4v) is 3.79. The second-order valence-electron chi connectivity index (χ2n) is 7.25. The van der Waals surface area contributed by atoms with Gasteiger partial charge in [-0.2, -0.15) is 0 Å². The Labute approximate surface area is 165 Å². The highest BCUT2D eigenvalue weighted by atomic mass is 16.6. The van der Waals surface area contributed by atoms with Gasteiger partial charge in [0, 0.05) is 19.2 Å². The van der Waals surface area contributed by atoms with Crippen molar-refractivity contribution >= 4 is 12.0 Å². The number of hydrogen-bond donors (Lipinski definition) is 1. The molecular weight excluding hydrogens is 354 g/mol. The van der Waals surface area contributed by atoms with Gasteiger partial charge in [-0.05, 0) is 48.1 Å². The van der Waals surface area contributed by atoms with Gasteiger partial charge in [0.1, 0.15) is 13.2 Å². The molecule has 0 saturated carbocycles. The van der Waals surface area contributed by atoms with Gasteiger partial charge in [0.2, 0.25) is 5.91 Å². The number of aliphatic hydroxyl groups excluding tert-OH is 1. The normalized spacial score (nSPS) is 18.2. The summed E-state index contributed by atoms with van der Waals surface area (Å²) in [6, 6.07) is 15.4. The maximum atomic E-state index is 12.5. The Morgan fingerprint density at radius 2 is 1.75 bits per heavy atom. The van der Waals surface area contributed by atoms with Crippen LogP contribution in [0, 0.1) is 5.92 Å². The third-order valence-corrected chi connectivity index (χ3v) is 5.42. The monoisotopic (exact) mass is 379 g/mol. The van der Waals surface area contributed by atoms with Gasteiger partial charge in [0.05, 0.1) is 6.10 Å². The number of fused-ring (bicyclic) bond motifs is 1. The number of ether oxygens (including phenoxy) is 2. The summed E-state index contributed by atoms with van der Waals surface area (Å²) in [5.41, 5.74) is 1.86. The molecule has 4 rings (SSSR count). The van der Waals surface area contributed by atoms with Crippen LogP contribution in [-0.4, -0.2) is 42.2 Å². The zero-order valence-electron chi connectivity index (χ0n) is 15.8. The SMILES string of the molecule is O=C(/C=C/c1ccc2c(c1)OCCO2)N1CCC(C(O)c2ccccc2)CC1. The molecule has 28 heavy (non-hydrogen) atoms. The van der Waals surface area contributed by atoms with Crippen LogP contribution in [0.1, 0.15) is 30.1 Å². The number of nitrogens with zero attached hydrogens (tertiary/aromatic N) is 1. The third-order valence-electron chi connectivity index (χ3n) is 5.42. The zero-order chi connectivity index (χ0) is 19.3. The molecule has 2 aliphatic rings. The topological polar surface area (TPSA) is 59.0 Å². The van der Waals surface area contributed by atoms with E-state index in [2.05, 4.69) is 0 Å².